The SMILES string of the molecule is CC(=NN([O-])C=O)c1ccncc1. The molecule has 0 radical (unpaired) electrons. The van der Waals surface area contributed by atoms with E-state index in [1.807, 2.05) is 0 Å². The van der Waals surface area contributed by atoms with E-state index >= 15 is 0 Å². The zero-order chi connectivity index (χ0) is 9.68. The minimum atomic E-state index is -0.0181. The van der Waals surface area contributed by atoms with Crippen molar-refractivity contribution in [3.63, 3.8) is 0 Å². The Morgan fingerprint density at radius 3 is 2.77 bits per heavy atom. The molecule has 0 saturated heterocycles. The van der Waals surface area contributed by atoms with Gasteiger partial charge in [0.2, 0.25) is 6.41 Å². The summed E-state index contributed by atoms with van der Waals surface area (Å²) in [6.07, 6.45) is 3.28. The zero-order valence-corrected chi connectivity index (χ0v) is 7.04. The Balaban J connectivity index is 2.84. The Morgan fingerprint density at radius 2 is 2.23 bits per heavy atom. The molecule has 0 bridgehead atoms. The molecule has 0 saturated carbocycles. The molecule has 13 heavy (non-hydrogen) atoms. The molecule has 0 aromatic carbocycles. The first-order chi connectivity index (χ1) is 6.24. The van der Waals surface area contributed by atoms with Gasteiger partial charge < -0.3 is 10.4 Å². The number of hydrogen-bond donors (Lipinski definition) is 0. The van der Waals surface area contributed by atoms with E-state index in [2.05, 4.69) is 10.1 Å². The highest BCUT2D eigenvalue weighted by molar-refractivity contribution is 5.98. The molecule has 0 atom stereocenters. The van der Waals surface area contributed by atoms with Gasteiger partial charge in [-0.05, 0) is 19.1 Å². The number of rotatable bonds is 3. The van der Waals surface area contributed by atoms with Gasteiger partial charge in [0.1, 0.15) is 0 Å². The Hall–Kier alpha value is -1.75. The van der Waals surface area contributed by atoms with Crippen molar-refractivity contribution >= 4 is 12.1 Å². The maximum atomic E-state index is 10.5. The molecule has 0 aliphatic heterocycles. The van der Waals surface area contributed by atoms with Gasteiger partial charge in [-0.1, -0.05) is 0 Å². The van der Waals surface area contributed by atoms with E-state index < -0.39 is 0 Å². The van der Waals surface area contributed by atoms with Crippen LogP contribution < -0.4 is 0 Å². The average molecular weight is 178 g/mol. The molecule has 1 amide bonds. The fourth-order valence-electron chi connectivity index (χ4n) is 0.822. The largest absolute Gasteiger partial charge is 0.735 e. The van der Waals surface area contributed by atoms with Crippen molar-refractivity contribution in [1.82, 2.24) is 10.2 Å². The summed E-state index contributed by atoms with van der Waals surface area (Å²) in [5.41, 5.74) is 1.24. The lowest BCUT2D eigenvalue weighted by atomic mass is 10.2. The van der Waals surface area contributed by atoms with Crippen molar-refractivity contribution in [1.29, 1.82) is 0 Å². The number of hydroxylamine groups is 1. The van der Waals surface area contributed by atoms with Crippen LogP contribution in [0.5, 0.6) is 0 Å². The van der Waals surface area contributed by atoms with Gasteiger partial charge in [-0.3, -0.25) is 9.78 Å². The lowest BCUT2D eigenvalue weighted by Crippen LogP contribution is -2.08. The summed E-state index contributed by atoms with van der Waals surface area (Å²) < 4.78 is 0. The Labute approximate surface area is 75.3 Å². The van der Waals surface area contributed by atoms with Gasteiger partial charge in [0, 0.05) is 18.0 Å². The van der Waals surface area contributed by atoms with Crippen molar-refractivity contribution in [2.24, 2.45) is 5.10 Å². The Morgan fingerprint density at radius 1 is 1.62 bits per heavy atom. The van der Waals surface area contributed by atoms with E-state index in [-0.39, 0.29) is 11.6 Å². The first-order valence-electron chi connectivity index (χ1n) is 3.61. The van der Waals surface area contributed by atoms with Gasteiger partial charge in [-0.15, -0.1) is 0 Å². The lowest BCUT2D eigenvalue weighted by Gasteiger charge is -2.16. The van der Waals surface area contributed by atoms with Crippen molar-refractivity contribution in [2.75, 3.05) is 0 Å². The van der Waals surface area contributed by atoms with Crippen LogP contribution in [0.4, 0.5) is 0 Å². The summed E-state index contributed by atoms with van der Waals surface area (Å²) in [5.74, 6) is 0. The molecule has 0 aliphatic carbocycles. The average Bonchev–Trinajstić information content (AvgIpc) is 2.19. The van der Waals surface area contributed by atoms with Crippen LogP contribution >= 0.6 is 0 Å². The van der Waals surface area contributed by atoms with Gasteiger partial charge in [0.25, 0.3) is 0 Å². The van der Waals surface area contributed by atoms with Gasteiger partial charge in [-0.2, -0.15) is 5.10 Å². The minimum absolute atomic E-state index is 0.0181. The molecule has 1 heterocycles. The topological polar surface area (TPSA) is 68.6 Å². The molecule has 5 heteroatoms. The molecule has 1 rings (SSSR count). The normalized spacial score (nSPS) is 11.1. The number of aromatic nitrogens is 1. The maximum absolute atomic E-state index is 10.5. The van der Waals surface area contributed by atoms with Crippen LogP contribution in [0.1, 0.15) is 12.5 Å². The predicted octanol–water partition coefficient (Wildman–Crippen LogP) is 0.762. The van der Waals surface area contributed by atoms with E-state index in [0.717, 1.165) is 5.56 Å². The zero-order valence-electron chi connectivity index (χ0n) is 7.04. The number of hydrogen-bond acceptors (Lipinski definition) is 4. The molecule has 0 aliphatic rings. The van der Waals surface area contributed by atoms with Gasteiger partial charge in [0.15, 0.2) is 0 Å². The van der Waals surface area contributed by atoms with Crippen LogP contribution in [-0.4, -0.2) is 22.3 Å². The van der Waals surface area contributed by atoms with Crippen molar-refractivity contribution in [3.8, 4) is 0 Å². The molecule has 1 aromatic heterocycles. The van der Waals surface area contributed by atoms with Crippen molar-refractivity contribution in [3.05, 3.63) is 35.3 Å². The number of carbonyl (C=O) groups is 1. The number of hydrazone groups is 1. The number of carbonyl (C=O) groups excluding carboxylic acids is 1. The van der Waals surface area contributed by atoms with Gasteiger partial charge in [0.05, 0.1) is 5.71 Å². The molecule has 0 fully saturated rings. The summed E-state index contributed by atoms with van der Waals surface area (Å²) in [5, 5.41) is 14.0. The second kappa shape index (κ2) is 4.32. The van der Waals surface area contributed by atoms with E-state index in [1.54, 1.807) is 31.5 Å². The van der Waals surface area contributed by atoms with Crippen LogP contribution in [0.25, 0.3) is 0 Å². The third-order valence-electron chi connectivity index (χ3n) is 1.44. The Bertz CT molecular complexity index is 310. The fraction of sp³-hybridized carbons (Fsp3) is 0.125. The van der Waals surface area contributed by atoms with Crippen LogP contribution in [0.3, 0.4) is 0 Å². The van der Waals surface area contributed by atoms with Crippen LogP contribution in [0.2, 0.25) is 0 Å². The van der Waals surface area contributed by atoms with Gasteiger partial charge >= 0.3 is 0 Å². The number of amides is 1. The van der Waals surface area contributed by atoms with E-state index in [0.29, 0.717) is 5.71 Å². The third-order valence-corrected chi connectivity index (χ3v) is 1.44. The second-order valence-electron chi connectivity index (χ2n) is 2.33. The fourth-order valence-corrected chi connectivity index (χ4v) is 0.822. The highest BCUT2D eigenvalue weighted by atomic mass is 16.5. The van der Waals surface area contributed by atoms with Gasteiger partial charge in [-0.25, -0.2) is 0 Å². The second-order valence-corrected chi connectivity index (χ2v) is 2.33. The highest BCUT2D eigenvalue weighted by Crippen LogP contribution is 1.99. The summed E-state index contributed by atoms with van der Waals surface area (Å²) in [6, 6.07) is 3.41. The van der Waals surface area contributed by atoms with E-state index in [1.165, 1.54) is 0 Å². The van der Waals surface area contributed by atoms with Crippen LogP contribution in [0.15, 0.2) is 29.6 Å². The first-order valence-corrected chi connectivity index (χ1v) is 3.61. The van der Waals surface area contributed by atoms with Crippen molar-refractivity contribution in [2.45, 2.75) is 6.92 Å². The van der Waals surface area contributed by atoms with Crippen LogP contribution in [-0.2, 0) is 4.79 Å². The smallest absolute Gasteiger partial charge is 0.219 e. The lowest BCUT2D eigenvalue weighted by molar-refractivity contribution is -0.115. The van der Waals surface area contributed by atoms with E-state index in [4.69, 9.17) is 0 Å². The standard InChI is InChI=1S/C8H8N3O2/c1-7(10-11(13)6-12)8-2-4-9-5-3-8/h2-6H,1H3/q-1. The molecule has 5 nitrogen and oxygen atoms in total. The van der Waals surface area contributed by atoms with Crippen LogP contribution in [0, 0.1) is 5.21 Å². The van der Waals surface area contributed by atoms with Crippen molar-refractivity contribution < 1.29 is 4.79 Å². The first kappa shape index (κ1) is 9.34. The number of nitrogens with zero attached hydrogens (tertiary/aromatic N) is 3. The molecule has 1 aromatic rings. The predicted molar refractivity (Wildman–Crippen MR) is 47.7 cm³/mol. The third kappa shape index (κ3) is 2.64. The minimum Gasteiger partial charge on any atom is -0.735 e. The summed E-state index contributed by atoms with van der Waals surface area (Å²) in [4.78, 5) is 13.8. The number of pyridine rings is 1. The quantitative estimate of drug-likeness (QED) is 0.390. The molecule has 0 N–H and O–H groups in total. The monoisotopic (exact) mass is 178 g/mol. The summed E-state index contributed by atoms with van der Waals surface area (Å²) in [6.45, 7) is 1.64. The summed E-state index contributed by atoms with van der Waals surface area (Å²) >= 11 is 0. The highest BCUT2D eigenvalue weighted by Gasteiger charge is 1.94. The Kier molecular flexibility index (Phi) is 3.10. The van der Waals surface area contributed by atoms with E-state index in [9.17, 15) is 10.0 Å². The molecule has 0 unspecified atom stereocenters. The summed E-state index contributed by atoms with van der Waals surface area (Å²) in [7, 11) is 0. The molecule has 0 spiro atoms. The molecule has 68 valence electrons. The molecular weight excluding hydrogens is 170 g/mol. The molecular formula is C8H8N3O2-. The maximum Gasteiger partial charge on any atom is 0.219 e.